The number of aromatic nitrogens is 2. The standard InChI is InChI=1S/C11H16N2O4/c1-3-4-13-10(15)9(2)7-12(11(13)16)8-17-6-5-14/h3,7,14H,1,4-6,8H2,2H3. The maximum absolute atomic E-state index is 11.9. The fourth-order valence-corrected chi connectivity index (χ4v) is 1.41. The van der Waals surface area contributed by atoms with Crippen molar-refractivity contribution in [1.82, 2.24) is 9.13 Å². The van der Waals surface area contributed by atoms with Crippen LogP contribution in [0.2, 0.25) is 0 Å². The van der Waals surface area contributed by atoms with Crippen molar-refractivity contribution in [2.24, 2.45) is 0 Å². The van der Waals surface area contributed by atoms with Crippen molar-refractivity contribution in [3.8, 4) is 0 Å². The van der Waals surface area contributed by atoms with E-state index in [0.29, 0.717) is 5.56 Å². The summed E-state index contributed by atoms with van der Waals surface area (Å²) in [5.74, 6) is 0. The molecule has 0 aliphatic heterocycles. The van der Waals surface area contributed by atoms with Crippen LogP contribution in [0, 0.1) is 6.92 Å². The summed E-state index contributed by atoms with van der Waals surface area (Å²) in [4.78, 5) is 23.5. The minimum Gasteiger partial charge on any atom is -0.394 e. The van der Waals surface area contributed by atoms with Gasteiger partial charge in [-0.25, -0.2) is 4.79 Å². The van der Waals surface area contributed by atoms with Crippen molar-refractivity contribution in [2.75, 3.05) is 13.2 Å². The maximum Gasteiger partial charge on any atom is 0.333 e. The zero-order valence-electron chi connectivity index (χ0n) is 9.76. The Morgan fingerprint density at radius 2 is 2.24 bits per heavy atom. The van der Waals surface area contributed by atoms with Crippen molar-refractivity contribution in [3.63, 3.8) is 0 Å². The molecule has 0 saturated heterocycles. The molecule has 1 aromatic rings. The van der Waals surface area contributed by atoms with Crippen LogP contribution in [0.4, 0.5) is 0 Å². The Balaban J connectivity index is 3.11. The van der Waals surface area contributed by atoms with Gasteiger partial charge in [-0.15, -0.1) is 6.58 Å². The molecule has 0 radical (unpaired) electrons. The minimum atomic E-state index is -0.446. The minimum absolute atomic E-state index is 0.0116. The van der Waals surface area contributed by atoms with Crippen molar-refractivity contribution in [3.05, 3.63) is 45.3 Å². The maximum atomic E-state index is 11.9. The quantitative estimate of drug-likeness (QED) is 0.536. The average Bonchev–Trinajstić information content (AvgIpc) is 2.31. The molecule has 0 aliphatic rings. The number of hydrogen-bond donors (Lipinski definition) is 1. The van der Waals surface area contributed by atoms with Crippen LogP contribution >= 0.6 is 0 Å². The van der Waals surface area contributed by atoms with E-state index in [-0.39, 0.29) is 32.0 Å². The Morgan fingerprint density at radius 1 is 1.53 bits per heavy atom. The molecule has 1 N–H and O–H groups in total. The lowest BCUT2D eigenvalue weighted by atomic mass is 10.4. The molecule has 0 amide bonds. The van der Waals surface area contributed by atoms with Gasteiger partial charge in [0.05, 0.1) is 13.2 Å². The summed E-state index contributed by atoms with van der Waals surface area (Å²) in [5.41, 5.74) is -0.314. The summed E-state index contributed by atoms with van der Waals surface area (Å²) >= 11 is 0. The third-order valence-corrected chi connectivity index (χ3v) is 2.19. The highest BCUT2D eigenvalue weighted by atomic mass is 16.5. The smallest absolute Gasteiger partial charge is 0.333 e. The Labute approximate surface area is 98.4 Å². The highest BCUT2D eigenvalue weighted by Gasteiger charge is 2.07. The highest BCUT2D eigenvalue weighted by Crippen LogP contribution is 1.88. The van der Waals surface area contributed by atoms with Gasteiger partial charge in [-0.2, -0.15) is 0 Å². The largest absolute Gasteiger partial charge is 0.394 e. The number of nitrogens with zero attached hydrogens (tertiary/aromatic N) is 2. The number of aliphatic hydroxyl groups is 1. The first-order chi connectivity index (χ1) is 8.11. The summed E-state index contributed by atoms with van der Waals surface area (Å²) < 4.78 is 7.42. The Hall–Kier alpha value is -1.66. The van der Waals surface area contributed by atoms with Crippen LogP contribution in [-0.2, 0) is 18.0 Å². The molecule has 0 atom stereocenters. The molecular weight excluding hydrogens is 224 g/mol. The van der Waals surface area contributed by atoms with Crippen LogP contribution in [0.15, 0.2) is 28.4 Å². The molecule has 17 heavy (non-hydrogen) atoms. The second-order valence-corrected chi connectivity index (χ2v) is 3.53. The lowest BCUT2D eigenvalue weighted by molar-refractivity contribution is 0.0448. The van der Waals surface area contributed by atoms with Gasteiger partial charge in [0.1, 0.15) is 6.73 Å². The molecule has 0 aliphatic carbocycles. The normalized spacial score (nSPS) is 10.5. The van der Waals surface area contributed by atoms with Crippen LogP contribution in [0.1, 0.15) is 5.56 Å². The summed E-state index contributed by atoms with van der Waals surface area (Å²) in [6.45, 7) is 5.34. The first-order valence-electron chi connectivity index (χ1n) is 5.22. The van der Waals surface area contributed by atoms with Gasteiger partial charge in [0, 0.05) is 18.3 Å². The monoisotopic (exact) mass is 240 g/mol. The van der Waals surface area contributed by atoms with Gasteiger partial charge in [-0.1, -0.05) is 6.08 Å². The van der Waals surface area contributed by atoms with Crippen molar-refractivity contribution in [2.45, 2.75) is 20.2 Å². The number of ether oxygens (including phenoxy) is 1. The molecule has 94 valence electrons. The molecular formula is C11H16N2O4. The van der Waals surface area contributed by atoms with E-state index in [9.17, 15) is 9.59 Å². The third-order valence-electron chi connectivity index (χ3n) is 2.19. The summed E-state index contributed by atoms with van der Waals surface area (Å²) in [6.07, 6.45) is 2.93. The first-order valence-corrected chi connectivity index (χ1v) is 5.22. The zero-order chi connectivity index (χ0) is 12.8. The van der Waals surface area contributed by atoms with E-state index < -0.39 is 5.69 Å². The molecule has 6 heteroatoms. The van der Waals surface area contributed by atoms with Gasteiger partial charge in [0.2, 0.25) is 0 Å². The first kappa shape index (κ1) is 13.4. The fourth-order valence-electron chi connectivity index (χ4n) is 1.41. The lowest BCUT2D eigenvalue weighted by Crippen LogP contribution is -2.40. The van der Waals surface area contributed by atoms with Gasteiger partial charge in [-0.3, -0.25) is 13.9 Å². The average molecular weight is 240 g/mol. The number of aliphatic hydroxyl groups excluding tert-OH is 1. The fraction of sp³-hybridized carbons (Fsp3) is 0.455. The van der Waals surface area contributed by atoms with E-state index >= 15 is 0 Å². The van der Waals surface area contributed by atoms with Gasteiger partial charge in [0.15, 0.2) is 0 Å². The second-order valence-electron chi connectivity index (χ2n) is 3.53. The number of hydrogen-bond acceptors (Lipinski definition) is 4. The predicted molar refractivity (Wildman–Crippen MR) is 62.9 cm³/mol. The van der Waals surface area contributed by atoms with E-state index in [2.05, 4.69) is 6.58 Å². The SMILES string of the molecule is C=CCn1c(=O)c(C)cn(COCCO)c1=O. The van der Waals surface area contributed by atoms with Gasteiger partial charge in [0.25, 0.3) is 5.56 Å². The molecule has 6 nitrogen and oxygen atoms in total. The number of rotatable bonds is 6. The molecule has 1 rings (SSSR count). The molecule has 0 aromatic carbocycles. The summed E-state index contributed by atoms with van der Waals surface area (Å²) in [6, 6.07) is 0. The number of aryl methyl sites for hydroxylation is 1. The molecule has 0 saturated carbocycles. The highest BCUT2D eigenvalue weighted by molar-refractivity contribution is 5.03. The predicted octanol–water partition coefficient (Wildman–Crippen LogP) is -0.529. The molecule has 0 spiro atoms. The lowest BCUT2D eigenvalue weighted by Gasteiger charge is -2.10. The third kappa shape index (κ3) is 3.15. The van der Waals surface area contributed by atoms with E-state index in [1.54, 1.807) is 6.92 Å². The molecule has 0 unspecified atom stereocenters. The van der Waals surface area contributed by atoms with Crippen molar-refractivity contribution in [1.29, 1.82) is 0 Å². The van der Waals surface area contributed by atoms with Gasteiger partial charge < -0.3 is 9.84 Å². The Bertz CT molecular complexity index is 501. The van der Waals surface area contributed by atoms with Gasteiger partial charge in [-0.05, 0) is 6.92 Å². The zero-order valence-corrected chi connectivity index (χ0v) is 9.76. The molecule has 1 heterocycles. The van der Waals surface area contributed by atoms with Crippen LogP contribution in [-0.4, -0.2) is 27.5 Å². The molecule has 0 fully saturated rings. The Morgan fingerprint density at radius 3 is 2.82 bits per heavy atom. The van der Waals surface area contributed by atoms with E-state index in [4.69, 9.17) is 9.84 Å². The van der Waals surface area contributed by atoms with E-state index in [0.717, 1.165) is 4.57 Å². The van der Waals surface area contributed by atoms with E-state index in [1.807, 2.05) is 0 Å². The summed E-state index contributed by atoms with van der Waals surface area (Å²) in [7, 11) is 0. The van der Waals surface area contributed by atoms with Crippen LogP contribution < -0.4 is 11.2 Å². The van der Waals surface area contributed by atoms with Gasteiger partial charge >= 0.3 is 5.69 Å². The van der Waals surface area contributed by atoms with Crippen LogP contribution in [0.25, 0.3) is 0 Å². The van der Waals surface area contributed by atoms with Crippen LogP contribution in [0.5, 0.6) is 0 Å². The number of allylic oxidation sites excluding steroid dienone is 1. The topological polar surface area (TPSA) is 73.5 Å². The van der Waals surface area contributed by atoms with Crippen molar-refractivity contribution < 1.29 is 9.84 Å². The molecule has 1 aromatic heterocycles. The Kier molecular flexibility index (Phi) is 4.86. The second kappa shape index (κ2) is 6.17. The van der Waals surface area contributed by atoms with E-state index in [1.165, 1.54) is 16.8 Å². The van der Waals surface area contributed by atoms with Crippen molar-refractivity contribution >= 4 is 0 Å². The molecule has 0 bridgehead atoms. The van der Waals surface area contributed by atoms with Crippen LogP contribution in [0.3, 0.4) is 0 Å². The summed E-state index contributed by atoms with van der Waals surface area (Å²) in [5, 5.41) is 8.57.